The van der Waals surface area contributed by atoms with Crippen LogP contribution in [0, 0.1) is 0 Å². The van der Waals surface area contributed by atoms with Gasteiger partial charge < -0.3 is 9.84 Å². The number of carboxylic acid groups (broad SMARTS) is 1. The normalized spacial score (nSPS) is 15.6. The zero-order chi connectivity index (χ0) is 17.9. The number of alkyl halides is 3. The summed E-state index contributed by atoms with van der Waals surface area (Å²) in [6.45, 7) is 0. The van der Waals surface area contributed by atoms with Gasteiger partial charge in [-0.3, -0.25) is 4.55 Å². The van der Waals surface area contributed by atoms with Gasteiger partial charge in [0, 0.05) is 11.8 Å². The molecule has 0 bridgehead atoms. The first-order valence-electron chi connectivity index (χ1n) is 6.21. The van der Waals surface area contributed by atoms with Crippen molar-refractivity contribution in [2.45, 2.75) is 6.36 Å². The zero-order valence-electron chi connectivity index (χ0n) is 11.7. The lowest BCUT2D eigenvalue weighted by molar-refractivity contribution is -0.274. The van der Waals surface area contributed by atoms with Crippen LogP contribution in [0.3, 0.4) is 0 Å². The number of hydrogen-bond donors (Lipinski definition) is 2. The molecule has 0 amide bonds. The smallest absolute Gasteiger partial charge is 0.478 e. The molecule has 1 heterocycles. The van der Waals surface area contributed by atoms with E-state index in [-0.39, 0.29) is 5.70 Å². The molecule has 2 rings (SSSR count). The number of ether oxygens (including phenoxy) is 1. The predicted molar refractivity (Wildman–Crippen MR) is 83.0 cm³/mol. The molecule has 0 fully saturated rings. The number of halogens is 3. The summed E-state index contributed by atoms with van der Waals surface area (Å²) in [4.78, 5) is 11.3. The molecule has 24 heavy (non-hydrogen) atoms. The van der Waals surface area contributed by atoms with E-state index in [1.165, 1.54) is 17.8 Å². The highest BCUT2D eigenvalue weighted by molar-refractivity contribution is 8.02. The largest absolute Gasteiger partial charge is 0.573 e. The molecule has 11 heteroatoms. The van der Waals surface area contributed by atoms with Crippen molar-refractivity contribution in [1.82, 2.24) is 0 Å². The van der Waals surface area contributed by atoms with Gasteiger partial charge in [-0.05, 0) is 29.7 Å². The van der Waals surface area contributed by atoms with E-state index < -0.39 is 40.6 Å². The maximum absolute atomic E-state index is 12.4. The summed E-state index contributed by atoms with van der Waals surface area (Å²) in [5, 5.41) is 10.8. The fraction of sp³-hybridized carbons (Fsp3) is 0.154. The van der Waals surface area contributed by atoms with E-state index >= 15 is 0 Å². The Morgan fingerprint density at radius 1 is 1.38 bits per heavy atom. The number of carbonyl (C=O) groups is 1. The molecule has 1 aliphatic heterocycles. The van der Waals surface area contributed by atoms with Crippen LogP contribution in [0.4, 0.5) is 18.9 Å². The van der Waals surface area contributed by atoms with Crippen LogP contribution >= 0.6 is 11.8 Å². The van der Waals surface area contributed by atoms with Crippen LogP contribution in [-0.2, 0) is 11.3 Å². The van der Waals surface area contributed by atoms with Gasteiger partial charge in [-0.25, -0.2) is 13.3 Å². The first-order valence-corrected chi connectivity index (χ1v) is 8.33. The van der Waals surface area contributed by atoms with E-state index in [1.54, 1.807) is 11.5 Å². The molecule has 2 N–H and O–H groups in total. The molecule has 0 aromatic heterocycles. The standard InChI is InChI=1S/C13H10F3NO5S2/c14-13(15,16)22-9-1-2-10(12(18)19)11(7-9)17(24(20)21)8-3-5-23-6-4-8/h1-5,7H,6H2,(H,18,19)(H,20,21). The Morgan fingerprint density at radius 2 is 2.08 bits per heavy atom. The summed E-state index contributed by atoms with van der Waals surface area (Å²) in [5.74, 6) is -1.71. The number of allylic oxidation sites excluding steroid dienone is 1. The minimum Gasteiger partial charge on any atom is -0.478 e. The lowest BCUT2D eigenvalue weighted by Crippen LogP contribution is -2.26. The molecule has 0 saturated carbocycles. The number of benzene rings is 1. The second-order valence-electron chi connectivity index (χ2n) is 4.32. The molecule has 0 radical (unpaired) electrons. The van der Waals surface area contributed by atoms with E-state index in [2.05, 4.69) is 4.74 Å². The molecule has 0 aliphatic carbocycles. The van der Waals surface area contributed by atoms with Crippen LogP contribution in [0.1, 0.15) is 10.4 Å². The average Bonchev–Trinajstić information content (AvgIpc) is 2.46. The van der Waals surface area contributed by atoms with Crippen LogP contribution < -0.4 is 9.04 Å². The molecule has 1 aliphatic rings. The Kier molecular flexibility index (Phi) is 5.57. The summed E-state index contributed by atoms with van der Waals surface area (Å²) in [6, 6.07) is 2.45. The molecule has 0 saturated heterocycles. The third kappa shape index (κ3) is 4.52. The lowest BCUT2D eigenvalue weighted by Gasteiger charge is -2.24. The van der Waals surface area contributed by atoms with Gasteiger partial charge >= 0.3 is 12.3 Å². The van der Waals surface area contributed by atoms with Crippen molar-refractivity contribution in [2.24, 2.45) is 0 Å². The van der Waals surface area contributed by atoms with E-state index in [0.717, 1.165) is 18.2 Å². The van der Waals surface area contributed by atoms with Gasteiger partial charge in [0.2, 0.25) is 0 Å². The molecular weight excluding hydrogens is 371 g/mol. The Hall–Kier alpha value is -1.98. The van der Waals surface area contributed by atoms with Crippen molar-refractivity contribution in [3.05, 3.63) is 47.0 Å². The van der Waals surface area contributed by atoms with Gasteiger partial charge in [0.25, 0.3) is 11.3 Å². The van der Waals surface area contributed by atoms with Gasteiger partial charge in [0.1, 0.15) is 5.75 Å². The van der Waals surface area contributed by atoms with Crippen molar-refractivity contribution < 1.29 is 36.6 Å². The molecular formula is C13H10F3NO5S2. The van der Waals surface area contributed by atoms with Gasteiger partial charge in [0.05, 0.1) is 16.9 Å². The first-order chi connectivity index (χ1) is 11.2. The van der Waals surface area contributed by atoms with E-state index in [0.29, 0.717) is 10.1 Å². The lowest BCUT2D eigenvalue weighted by atomic mass is 10.1. The van der Waals surface area contributed by atoms with Gasteiger partial charge in [-0.1, -0.05) is 0 Å². The Morgan fingerprint density at radius 3 is 2.58 bits per heavy atom. The number of anilines is 1. The third-order valence-corrected chi connectivity index (χ3v) is 4.17. The summed E-state index contributed by atoms with van der Waals surface area (Å²) >= 11 is -1.32. The molecule has 1 atom stereocenters. The highest BCUT2D eigenvalue weighted by atomic mass is 32.2. The van der Waals surface area contributed by atoms with Crippen LogP contribution in [0.25, 0.3) is 0 Å². The van der Waals surface area contributed by atoms with Crippen LogP contribution in [0.2, 0.25) is 0 Å². The Bertz CT molecular complexity index is 733. The summed E-state index contributed by atoms with van der Waals surface area (Å²) in [6.07, 6.45) is -1.99. The minimum absolute atomic E-state index is 0.182. The van der Waals surface area contributed by atoms with Crippen LogP contribution in [0.15, 0.2) is 41.5 Å². The van der Waals surface area contributed by atoms with Crippen LogP contribution in [-0.4, -0.2) is 32.0 Å². The number of aromatic carboxylic acids is 1. The molecule has 1 aromatic carbocycles. The highest BCUT2D eigenvalue weighted by Gasteiger charge is 2.32. The summed E-state index contributed by atoms with van der Waals surface area (Å²) < 4.78 is 62.7. The SMILES string of the molecule is O=C(O)c1ccc(OC(F)(F)F)cc1N(C1=CCSC=C1)S(=O)O. The quantitative estimate of drug-likeness (QED) is 0.761. The van der Waals surface area contributed by atoms with E-state index in [1.807, 2.05) is 0 Å². The minimum atomic E-state index is -4.98. The number of rotatable bonds is 5. The number of carboxylic acids is 1. The van der Waals surface area contributed by atoms with Crippen molar-refractivity contribution in [3.63, 3.8) is 0 Å². The molecule has 130 valence electrons. The fourth-order valence-corrected chi connectivity index (χ4v) is 3.15. The Balaban J connectivity index is 2.56. The fourth-order valence-electron chi connectivity index (χ4n) is 1.90. The topological polar surface area (TPSA) is 87.1 Å². The number of thioether (sulfide) groups is 1. The second kappa shape index (κ2) is 7.28. The molecule has 6 nitrogen and oxygen atoms in total. The third-order valence-electron chi connectivity index (χ3n) is 2.77. The van der Waals surface area contributed by atoms with E-state index in [9.17, 15) is 31.8 Å². The molecule has 0 spiro atoms. The van der Waals surface area contributed by atoms with Gasteiger partial charge in [-0.2, -0.15) is 0 Å². The van der Waals surface area contributed by atoms with Crippen molar-refractivity contribution in [3.8, 4) is 5.75 Å². The summed E-state index contributed by atoms with van der Waals surface area (Å²) in [7, 11) is 0. The molecule has 1 unspecified atom stereocenters. The van der Waals surface area contributed by atoms with E-state index in [4.69, 9.17) is 0 Å². The maximum atomic E-state index is 12.4. The number of hydrogen-bond acceptors (Lipinski definition) is 4. The van der Waals surface area contributed by atoms with Gasteiger partial charge in [0.15, 0.2) is 0 Å². The van der Waals surface area contributed by atoms with Crippen molar-refractivity contribution in [2.75, 3.05) is 10.1 Å². The highest BCUT2D eigenvalue weighted by Crippen LogP contribution is 2.33. The van der Waals surface area contributed by atoms with Gasteiger partial charge in [-0.15, -0.1) is 24.9 Å². The Labute approximate surface area is 141 Å². The van der Waals surface area contributed by atoms with Crippen LogP contribution in [0.5, 0.6) is 5.75 Å². The van der Waals surface area contributed by atoms with Crippen molar-refractivity contribution >= 4 is 34.7 Å². The first kappa shape index (κ1) is 18.4. The summed E-state index contributed by atoms with van der Waals surface area (Å²) in [5.41, 5.74) is -0.659. The zero-order valence-corrected chi connectivity index (χ0v) is 13.3. The number of nitrogens with zero attached hydrogens (tertiary/aromatic N) is 1. The monoisotopic (exact) mass is 381 g/mol. The predicted octanol–water partition coefficient (Wildman–Crippen LogP) is 3.37. The maximum Gasteiger partial charge on any atom is 0.573 e. The second-order valence-corrected chi connectivity index (χ2v) is 6.09. The van der Waals surface area contributed by atoms with Crippen molar-refractivity contribution in [1.29, 1.82) is 0 Å². The molecule has 1 aromatic rings. The average molecular weight is 381 g/mol.